The third kappa shape index (κ3) is 3.33. The molecule has 0 N–H and O–H groups in total. The molecule has 3 rings (SSSR count). The van der Waals surface area contributed by atoms with Crippen LogP contribution < -0.4 is 0 Å². The molecule has 0 unspecified atom stereocenters. The normalized spacial score (nSPS) is 11.6. The molecule has 0 spiro atoms. The lowest BCUT2D eigenvalue weighted by Gasteiger charge is -2.11. The van der Waals surface area contributed by atoms with E-state index in [0.29, 0.717) is 29.1 Å². The van der Waals surface area contributed by atoms with Crippen molar-refractivity contribution in [2.45, 2.75) is 40.4 Å². The molecule has 2 heterocycles. The highest BCUT2D eigenvalue weighted by Gasteiger charge is 2.34. The lowest BCUT2D eigenvalue weighted by Crippen LogP contribution is -2.08. The van der Waals surface area contributed by atoms with E-state index in [1.807, 2.05) is 6.92 Å². The van der Waals surface area contributed by atoms with Gasteiger partial charge in [0.25, 0.3) is 0 Å². The van der Waals surface area contributed by atoms with Crippen LogP contribution in [-0.4, -0.2) is 14.9 Å². The molecular weight excluding hydrogens is 357 g/mol. The lowest BCUT2D eigenvalue weighted by molar-refractivity contribution is -0.137. The minimum Gasteiger partial charge on any atom is -0.361 e. The van der Waals surface area contributed by atoms with Crippen molar-refractivity contribution in [2.24, 2.45) is 0 Å². The van der Waals surface area contributed by atoms with Crippen molar-refractivity contribution in [1.82, 2.24) is 14.9 Å². The molecule has 0 amide bonds. The van der Waals surface area contributed by atoms with E-state index in [0.717, 1.165) is 23.0 Å². The summed E-state index contributed by atoms with van der Waals surface area (Å²) in [4.78, 5) is 0. The van der Waals surface area contributed by atoms with E-state index in [-0.39, 0.29) is 0 Å². The number of alkyl halides is 3. The van der Waals surface area contributed by atoms with Gasteiger partial charge in [-0.2, -0.15) is 23.5 Å². The summed E-state index contributed by atoms with van der Waals surface area (Å²) in [5.74, 6) is 0.680. The molecule has 0 saturated carbocycles. The molecule has 0 aliphatic carbocycles. The van der Waals surface area contributed by atoms with Crippen LogP contribution in [0.15, 0.2) is 22.7 Å². The second kappa shape index (κ2) is 6.58. The zero-order valence-electron chi connectivity index (χ0n) is 15.3. The SMILES string of the molecule is Cc1noc(C)c1Cn1nc(C)c(-c2ccc(C#N)c(C(F)(F)F)c2)c1C. The maximum absolute atomic E-state index is 13.3. The summed E-state index contributed by atoms with van der Waals surface area (Å²) in [7, 11) is 0. The minimum atomic E-state index is -4.60. The molecule has 0 fully saturated rings. The molecule has 2 aromatic heterocycles. The van der Waals surface area contributed by atoms with E-state index in [9.17, 15) is 13.2 Å². The van der Waals surface area contributed by atoms with Crippen LogP contribution >= 0.6 is 0 Å². The maximum atomic E-state index is 13.3. The Labute approximate surface area is 154 Å². The van der Waals surface area contributed by atoms with Crippen LogP contribution in [0.1, 0.15) is 39.5 Å². The number of aryl methyl sites for hydroxylation is 3. The summed E-state index contributed by atoms with van der Waals surface area (Å²) in [6.07, 6.45) is -4.60. The van der Waals surface area contributed by atoms with E-state index < -0.39 is 17.3 Å². The number of nitrogens with zero attached hydrogens (tertiary/aromatic N) is 4. The molecule has 0 radical (unpaired) electrons. The van der Waals surface area contributed by atoms with Gasteiger partial charge in [-0.1, -0.05) is 11.2 Å². The molecule has 27 heavy (non-hydrogen) atoms. The number of nitriles is 1. The Morgan fingerprint density at radius 1 is 1.15 bits per heavy atom. The van der Waals surface area contributed by atoms with Gasteiger partial charge in [0, 0.05) is 16.8 Å². The monoisotopic (exact) mass is 374 g/mol. The Morgan fingerprint density at radius 2 is 1.85 bits per heavy atom. The Bertz CT molecular complexity index is 1030. The number of hydrogen-bond acceptors (Lipinski definition) is 4. The fourth-order valence-corrected chi connectivity index (χ4v) is 3.18. The van der Waals surface area contributed by atoms with E-state index in [1.54, 1.807) is 31.5 Å². The third-order valence-electron chi connectivity index (χ3n) is 4.60. The van der Waals surface area contributed by atoms with Crippen molar-refractivity contribution >= 4 is 0 Å². The molecular formula is C19H17F3N4O. The topological polar surface area (TPSA) is 67.6 Å². The summed E-state index contributed by atoms with van der Waals surface area (Å²) < 4.78 is 46.8. The van der Waals surface area contributed by atoms with Gasteiger partial charge >= 0.3 is 6.18 Å². The largest absolute Gasteiger partial charge is 0.417 e. The van der Waals surface area contributed by atoms with Crippen LogP contribution in [0.25, 0.3) is 11.1 Å². The van der Waals surface area contributed by atoms with Gasteiger partial charge in [-0.05, 0) is 45.4 Å². The Hall–Kier alpha value is -3.08. The summed E-state index contributed by atoms with van der Waals surface area (Å²) >= 11 is 0. The standard InChI is InChI=1S/C19H17F3N4O/c1-10-16(13(4)27-25-10)9-26-12(3)18(11(2)24-26)14-5-6-15(8-23)17(7-14)19(20,21)22/h5-7H,9H2,1-4H3. The zero-order chi connectivity index (χ0) is 19.9. The number of benzene rings is 1. The maximum Gasteiger partial charge on any atom is 0.417 e. The first kappa shape index (κ1) is 18.7. The molecule has 8 heteroatoms. The van der Waals surface area contributed by atoms with Gasteiger partial charge in [-0.25, -0.2) is 0 Å². The molecule has 0 aliphatic heterocycles. The summed E-state index contributed by atoms with van der Waals surface area (Å²) in [5.41, 5.74) is 2.63. The predicted molar refractivity (Wildman–Crippen MR) is 91.9 cm³/mol. The number of hydrogen-bond donors (Lipinski definition) is 0. The first-order valence-corrected chi connectivity index (χ1v) is 8.21. The van der Waals surface area contributed by atoms with Crippen molar-refractivity contribution < 1.29 is 17.7 Å². The van der Waals surface area contributed by atoms with E-state index in [2.05, 4.69) is 10.3 Å². The highest BCUT2D eigenvalue weighted by atomic mass is 19.4. The van der Waals surface area contributed by atoms with Crippen LogP contribution in [0.4, 0.5) is 13.2 Å². The van der Waals surface area contributed by atoms with Crippen molar-refractivity contribution in [3.05, 3.63) is 57.7 Å². The van der Waals surface area contributed by atoms with Crippen molar-refractivity contribution in [3.8, 4) is 17.2 Å². The first-order valence-electron chi connectivity index (χ1n) is 8.21. The summed E-state index contributed by atoms with van der Waals surface area (Å²) in [5, 5.41) is 17.4. The van der Waals surface area contributed by atoms with Crippen LogP contribution in [0.3, 0.4) is 0 Å². The predicted octanol–water partition coefficient (Wildman–Crippen LogP) is 4.71. The van der Waals surface area contributed by atoms with Crippen molar-refractivity contribution in [3.63, 3.8) is 0 Å². The second-order valence-corrected chi connectivity index (χ2v) is 6.38. The zero-order valence-corrected chi connectivity index (χ0v) is 15.3. The van der Waals surface area contributed by atoms with Crippen molar-refractivity contribution in [2.75, 3.05) is 0 Å². The Morgan fingerprint density at radius 3 is 2.41 bits per heavy atom. The molecule has 0 saturated heterocycles. The van der Waals surface area contributed by atoms with E-state index in [1.165, 1.54) is 12.1 Å². The van der Waals surface area contributed by atoms with Gasteiger partial charge in [0.05, 0.1) is 35.1 Å². The van der Waals surface area contributed by atoms with Crippen LogP contribution in [0.2, 0.25) is 0 Å². The van der Waals surface area contributed by atoms with Gasteiger partial charge in [0.1, 0.15) is 5.76 Å². The van der Waals surface area contributed by atoms with Gasteiger partial charge in [-0.3, -0.25) is 4.68 Å². The lowest BCUT2D eigenvalue weighted by atomic mass is 9.98. The Balaban J connectivity index is 2.09. The average Bonchev–Trinajstić information content (AvgIpc) is 3.06. The molecule has 0 bridgehead atoms. The van der Waals surface area contributed by atoms with E-state index in [4.69, 9.17) is 9.78 Å². The van der Waals surface area contributed by atoms with Crippen molar-refractivity contribution in [1.29, 1.82) is 5.26 Å². The van der Waals surface area contributed by atoms with Gasteiger partial charge < -0.3 is 4.52 Å². The average molecular weight is 374 g/mol. The number of rotatable bonds is 3. The van der Waals surface area contributed by atoms with E-state index >= 15 is 0 Å². The van der Waals surface area contributed by atoms with Gasteiger partial charge in [0.15, 0.2) is 0 Å². The van der Waals surface area contributed by atoms with Gasteiger partial charge in [-0.15, -0.1) is 0 Å². The molecule has 5 nitrogen and oxygen atoms in total. The molecule has 3 aromatic rings. The molecule has 1 aromatic carbocycles. The molecule has 140 valence electrons. The quantitative estimate of drug-likeness (QED) is 0.666. The van der Waals surface area contributed by atoms with Gasteiger partial charge in [0.2, 0.25) is 0 Å². The minimum absolute atomic E-state index is 0.376. The molecule has 0 atom stereocenters. The fraction of sp³-hybridized carbons (Fsp3) is 0.316. The van der Waals surface area contributed by atoms with Crippen LogP contribution in [-0.2, 0) is 12.7 Å². The van der Waals surface area contributed by atoms with Crippen LogP contribution in [0.5, 0.6) is 0 Å². The van der Waals surface area contributed by atoms with Crippen LogP contribution in [0, 0.1) is 39.0 Å². The highest BCUT2D eigenvalue weighted by molar-refractivity contribution is 5.70. The number of aromatic nitrogens is 3. The first-order chi connectivity index (χ1) is 12.6. The molecule has 0 aliphatic rings. The summed E-state index contributed by atoms with van der Waals surface area (Å²) in [6.45, 7) is 7.60. The Kier molecular flexibility index (Phi) is 4.56. The summed E-state index contributed by atoms with van der Waals surface area (Å²) in [6, 6.07) is 5.32. The highest BCUT2D eigenvalue weighted by Crippen LogP contribution is 2.36. The smallest absolute Gasteiger partial charge is 0.361 e. The third-order valence-corrected chi connectivity index (χ3v) is 4.60. The number of halogens is 3. The second-order valence-electron chi connectivity index (χ2n) is 6.38. The fourth-order valence-electron chi connectivity index (χ4n) is 3.18.